The van der Waals surface area contributed by atoms with E-state index in [1.165, 1.54) is 12.1 Å². The molecule has 0 aromatic heterocycles. The van der Waals surface area contributed by atoms with Gasteiger partial charge < -0.3 is 5.32 Å². The molecule has 1 unspecified atom stereocenters. The second-order valence-corrected chi connectivity index (χ2v) is 4.79. The van der Waals surface area contributed by atoms with Crippen LogP contribution in [-0.2, 0) is 0 Å². The van der Waals surface area contributed by atoms with Gasteiger partial charge in [0.15, 0.2) is 0 Å². The van der Waals surface area contributed by atoms with Crippen molar-refractivity contribution in [3.63, 3.8) is 0 Å². The van der Waals surface area contributed by atoms with Gasteiger partial charge in [0.05, 0.1) is 0 Å². The minimum Gasteiger partial charge on any atom is -0.378 e. The van der Waals surface area contributed by atoms with E-state index in [1.807, 2.05) is 38.1 Å². The molecule has 0 saturated carbocycles. The van der Waals surface area contributed by atoms with E-state index in [9.17, 15) is 4.39 Å². The van der Waals surface area contributed by atoms with Crippen molar-refractivity contribution in [2.45, 2.75) is 19.9 Å². The molecule has 3 heteroatoms. The van der Waals surface area contributed by atoms with Crippen molar-refractivity contribution in [1.82, 2.24) is 0 Å². The predicted octanol–water partition coefficient (Wildman–Crippen LogP) is 4.96. The van der Waals surface area contributed by atoms with Crippen LogP contribution in [0, 0.1) is 12.7 Å². The lowest BCUT2D eigenvalue weighted by Crippen LogP contribution is -2.06. The number of hydrogen-bond donors (Lipinski definition) is 1. The van der Waals surface area contributed by atoms with E-state index >= 15 is 0 Å². The van der Waals surface area contributed by atoms with Gasteiger partial charge in [-0.05, 0) is 49.2 Å². The van der Waals surface area contributed by atoms with Crippen LogP contribution in [0.25, 0.3) is 0 Å². The first-order chi connectivity index (χ1) is 8.56. The highest BCUT2D eigenvalue weighted by Gasteiger charge is 2.06. The van der Waals surface area contributed by atoms with Crippen molar-refractivity contribution in [2.75, 3.05) is 5.32 Å². The van der Waals surface area contributed by atoms with E-state index in [1.54, 1.807) is 6.07 Å². The van der Waals surface area contributed by atoms with Gasteiger partial charge in [0.2, 0.25) is 0 Å². The second kappa shape index (κ2) is 5.40. The molecule has 0 saturated heterocycles. The largest absolute Gasteiger partial charge is 0.378 e. The van der Waals surface area contributed by atoms with Gasteiger partial charge in [-0.15, -0.1) is 0 Å². The van der Waals surface area contributed by atoms with Crippen LogP contribution in [0.2, 0.25) is 5.02 Å². The van der Waals surface area contributed by atoms with Crippen molar-refractivity contribution in [3.8, 4) is 0 Å². The van der Waals surface area contributed by atoms with Crippen LogP contribution in [0.1, 0.15) is 24.1 Å². The second-order valence-electron chi connectivity index (χ2n) is 4.38. The Labute approximate surface area is 112 Å². The van der Waals surface area contributed by atoms with Gasteiger partial charge in [-0.1, -0.05) is 29.8 Å². The quantitative estimate of drug-likeness (QED) is 0.825. The summed E-state index contributed by atoms with van der Waals surface area (Å²) in [6.45, 7) is 3.95. The zero-order valence-corrected chi connectivity index (χ0v) is 11.1. The van der Waals surface area contributed by atoms with E-state index in [-0.39, 0.29) is 11.9 Å². The van der Waals surface area contributed by atoms with Gasteiger partial charge in [0.25, 0.3) is 0 Å². The van der Waals surface area contributed by atoms with Crippen molar-refractivity contribution in [3.05, 3.63) is 64.4 Å². The maximum atomic E-state index is 13.1. The highest BCUT2D eigenvalue weighted by atomic mass is 35.5. The van der Waals surface area contributed by atoms with Crippen LogP contribution in [-0.4, -0.2) is 0 Å². The van der Waals surface area contributed by atoms with Crippen LogP contribution >= 0.6 is 11.6 Å². The molecule has 0 heterocycles. The fourth-order valence-corrected chi connectivity index (χ4v) is 1.97. The maximum absolute atomic E-state index is 13.1. The standard InChI is InChI=1S/C15H15ClFN/c1-10-6-7-14(9-15(10)16)18-11(2)12-4-3-5-13(17)8-12/h3-9,11,18H,1-2H3. The first-order valence-corrected chi connectivity index (χ1v) is 6.22. The highest BCUT2D eigenvalue weighted by molar-refractivity contribution is 6.31. The van der Waals surface area contributed by atoms with E-state index in [2.05, 4.69) is 5.32 Å². The first-order valence-electron chi connectivity index (χ1n) is 5.84. The molecule has 0 bridgehead atoms. The summed E-state index contributed by atoms with van der Waals surface area (Å²) < 4.78 is 13.1. The molecule has 0 spiro atoms. The molecule has 0 radical (unpaired) electrons. The minimum absolute atomic E-state index is 0.0273. The minimum atomic E-state index is -0.219. The molecule has 0 aliphatic heterocycles. The van der Waals surface area contributed by atoms with Crippen LogP contribution < -0.4 is 5.32 Å². The summed E-state index contributed by atoms with van der Waals surface area (Å²) in [4.78, 5) is 0. The normalized spacial score (nSPS) is 12.2. The Morgan fingerprint density at radius 3 is 2.61 bits per heavy atom. The Bertz CT molecular complexity index is 554. The van der Waals surface area contributed by atoms with Crippen molar-refractivity contribution < 1.29 is 4.39 Å². The lowest BCUT2D eigenvalue weighted by Gasteiger charge is -2.16. The van der Waals surface area contributed by atoms with Gasteiger partial charge in [0, 0.05) is 16.8 Å². The van der Waals surface area contributed by atoms with Gasteiger partial charge in [-0.25, -0.2) is 4.39 Å². The number of aryl methyl sites for hydroxylation is 1. The molecular formula is C15H15ClFN. The van der Waals surface area contributed by atoms with Crippen LogP contribution in [0.15, 0.2) is 42.5 Å². The number of nitrogens with one attached hydrogen (secondary N) is 1. The lowest BCUT2D eigenvalue weighted by molar-refractivity contribution is 0.623. The SMILES string of the molecule is Cc1ccc(NC(C)c2cccc(F)c2)cc1Cl. The average Bonchev–Trinajstić information content (AvgIpc) is 2.34. The van der Waals surface area contributed by atoms with Crippen molar-refractivity contribution in [1.29, 1.82) is 0 Å². The topological polar surface area (TPSA) is 12.0 Å². The first kappa shape index (κ1) is 12.9. The van der Waals surface area contributed by atoms with Gasteiger partial charge in [-0.2, -0.15) is 0 Å². The molecular weight excluding hydrogens is 249 g/mol. The van der Waals surface area contributed by atoms with E-state index in [0.717, 1.165) is 21.8 Å². The Hall–Kier alpha value is -1.54. The van der Waals surface area contributed by atoms with Crippen molar-refractivity contribution in [2.24, 2.45) is 0 Å². The maximum Gasteiger partial charge on any atom is 0.123 e. The molecule has 0 aliphatic rings. The number of hydrogen-bond acceptors (Lipinski definition) is 1. The molecule has 0 amide bonds. The third-order valence-corrected chi connectivity index (χ3v) is 3.31. The van der Waals surface area contributed by atoms with Gasteiger partial charge in [0.1, 0.15) is 5.82 Å². The third kappa shape index (κ3) is 3.02. The number of rotatable bonds is 3. The fourth-order valence-electron chi connectivity index (χ4n) is 1.79. The molecule has 94 valence electrons. The third-order valence-electron chi connectivity index (χ3n) is 2.90. The molecule has 1 atom stereocenters. The predicted molar refractivity (Wildman–Crippen MR) is 74.6 cm³/mol. The molecule has 2 rings (SSSR count). The summed E-state index contributed by atoms with van der Waals surface area (Å²) in [5.41, 5.74) is 2.88. The summed E-state index contributed by atoms with van der Waals surface area (Å²) in [6.07, 6.45) is 0. The zero-order valence-electron chi connectivity index (χ0n) is 10.4. The smallest absolute Gasteiger partial charge is 0.123 e. The summed E-state index contributed by atoms with van der Waals surface area (Å²) in [5.74, 6) is -0.219. The van der Waals surface area contributed by atoms with Crippen LogP contribution in [0.3, 0.4) is 0 Å². The monoisotopic (exact) mass is 263 g/mol. The molecule has 2 aromatic rings. The average molecular weight is 264 g/mol. The summed E-state index contributed by atoms with van der Waals surface area (Å²) in [5, 5.41) is 4.03. The molecule has 1 nitrogen and oxygen atoms in total. The Balaban J connectivity index is 2.16. The zero-order chi connectivity index (χ0) is 13.1. The van der Waals surface area contributed by atoms with E-state index < -0.39 is 0 Å². The Morgan fingerprint density at radius 2 is 1.94 bits per heavy atom. The summed E-state index contributed by atoms with van der Waals surface area (Å²) in [7, 11) is 0. The molecule has 2 aromatic carbocycles. The fraction of sp³-hybridized carbons (Fsp3) is 0.200. The number of halogens is 2. The number of benzene rings is 2. The van der Waals surface area contributed by atoms with Gasteiger partial charge in [-0.3, -0.25) is 0 Å². The highest BCUT2D eigenvalue weighted by Crippen LogP contribution is 2.24. The van der Waals surface area contributed by atoms with E-state index in [0.29, 0.717) is 0 Å². The summed E-state index contributed by atoms with van der Waals surface area (Å²) >= 11 is 6.07. The van der Waals surface area contributed by atoms with Crippen LogP contribution in [0.5, 0.6) is 0 Å². The molecule has 0 fully saturated rings. The van der Waals surface area contributed by atoms with Gasteiger partial charge >= 0.3 is 0 Å². The molecule has 1 N–H and O–H groups in total. The van der Waals surface area contributed by atoms with Crippen molar-refractivity contribution >= 4 is 17.3 Å². The van der Waals surface area contributed by atoms with Crippen LogP contribution in [0.4, 0.5) is 10.1 Å². The molecule has 18 heavy (non-hydrogen) atoms. The van der Waals surface area contributed by atoms with E-state index in [4.69, 9.17) is 11.6 Å². The Kier molecular flexibility index (Phi) is 3.87. The lowest BCUT2D eigenvalue weighted by atomic mass is 10.1. The molecule has 0 aliphatic carbocycles. The summed E-state index contributed by atoms with van der Waals surface area (Å²) in [6, 6.07) is 12.4. The number of anilines is 1. The Morgan fingerprint density at radius 1 is 1.17 bits per heavy atom.